The predicted molar refractivity (Wildman–Crippen MR) is 75.5 cm³/mol. The second-order valence-electron chi connectivity index (χ2n) is 4.73. The van der Waals surface area contributed by atoms with E-state index in [1.807, 2.05) is 4.98 Å². The minimum Gasteiger partial charge on any atom is -0.394 e. The molecule has 4 N–H and O–H groups in total. The second-order valence-corrected chi connectivity index (χ2v) is 7.35. The first-order valence-corrected chi connectivity index (χ1v) is 8.73. The molecular weight excluding hydrogens is 342 g/mol. The fourth-order valence-electron chi connectivity index (χ4n) is 2.12. The van der Waals surface area contributed by atoms with Gasteiger partial charge in [-0.15, -0.1) is 0 Å². The molecule has 1 aromatic heterocycles. The van der Waals surface area contributed by atoms with Gasteiger partial charge in [-0.05, 0) is 18.7 Å². The molecule has 22 heavy (non-hydrogen) atoms. The van der Waals surface area contributed by atoms with Crippen LogP contribution in [0.4, 0.5) is 4.39 Å². The molecule has 9 nitrogen and oxygen atoms in total. The molecule has 1 aliphatic heterocycles. The highest BCUT2D eigenvalue weighted by Crippen LogP contribution is 2.44. The van der Waals surface area contributed by atoms with Crippen molar-refractivity contribution in [3.05, 3.63) is 32.6 Å². The largest absolute Gasteiger partial charge is 0.394 e. The van der Waals surface area contributed by atoms with Crippen LogP contribution in [-0.2, 0) is 21.1 Å². The van der Waals surface area contributed by atoms with Crippen molar-refractivity contribution in [2.24, 2.45) is 0 Å². The zero-order chi connectivity index (χ0) is 16.7. The minimum absolute atomic E-state index is 0.148. The number of alkyl halides is 1. The maximum absolute atomic E-state index is 14.5. The lowest BCUT2D eigenvalue weighted by atomic mass is 10.1. The van der Waals surface area contributed by atoms with Gasteiger partial charge in [0.1, 0.15) is 12.2 Å². The van der Waals surface area contributed by atoms with E-state index >= 15 is 0 Å². The highest BCUT2D eigenvalue weighted by molar-refractivity contribution is 8.06. The van der Waals surface area contributed by atoms with Crippen molar-refractivity contribution in [2.75, 3.05) is 6.61 Å². The standard InChI is InChI=1S/C10H14FN2O7PS/c1-4-2-13(10(16)12-8(4)15)9-6(11)7(5(3-14)19-9)20-21(17,18)22/h2,5-7,9,14H,3H2,1H3,(H,12,15,16)(H2,17,18,22)/t5-,6-,7-,9-/m1/s1. The van der Waals surface area contributed by atoms with E-state index in [1.54, 1.807) is 0 Å². The summed E-state index contributed by atoms with van der Waals surface area (Å²) in [6.07, 6.45) is -5.23. The molecule has 0 spiro atoms. The number of aliphatic hydroxyl groups excluding tert-OH is 1. The van der Waals surface area contributed by atoms with Gasteiger partial charge in [-0.25, -0.2) is 9.18 Å². The Morgan fingerprint density at radius 3 is 2.73 bits per heavy atom. The summed E-state index contributed by atoms with van der Waals surface area (Å²) in [4.78, 5) is 43.3. The number of halogens is 1. The number of aryl methyl sites for hydroxylation is 1. The molecule has 124 valence electrons. The van der Waals surface area contributed by atoms with Crippen molar-refractivity contribution in [3.8, 4) is 0 Å². The molecule has 1 aromatic rings. The molecule has 1 saturated heterocycles. The number of H-pyrrole nitrogens is 1. The number of ether oxygens (including phenoxy) is 1. The van der Waals surface area contributed by atoms with Crippen LogP contribution in [0.5, 0.6) is 0 Å². The predicted octanol–water partition coefficient (Wildman–Crippen LogP) is -1.33. The summed E-state index contributed by atoms with van der Waals surface area (Å²) in [5.41, 5.74) is -1.38. The van der Waals surface area contributed by atoms with E-state index < -0.39 is 49.2 Å². The van der Waals surface area contributed by atoms with Gasteiger partial charge in [0.2, 0.25) is 0 Å². The molecule has 0 saturated carbocycles. The number of nitrogens with zero attached hydrogens (tertiary/aromatic N) is 1. The first-order chi connectivity index (χ1) is 10.1. The van der Waals surface area contributed by atoms with Gasteiger partial charge >= 0.3 is 12.4 Å². The molecule has 12 heteroatoms. The van der Waals surface area contributed by atoms with Gasteiger partial charge in [0.25, 0.3) is 5.56 Å². The zero-order valence-electron chi connectivity index (χ0n) is 11.2. The Morgan fingerprint density at radius 1 is 1.55 bits per heavy atom. The van der Waals surface area contributed by atoms with Gasteiger partial charge in [-0.1, -0.05) is 0 Å². The van der Waals surface area contributed by atoms with Crippen LogP contribution in [0, 0.1) is 6.92 Å². The Balaban J connectivity index is 2.38. The third-order valence-corrected chi connectivity index (χ3v) is 3.90. The zero-order valence-corrected chi connectivity index (χ0v) is 13.0. The molecule has 2 heterocycles. The first-order valence-electron chi connectivity index (χ1n) is 6.10. The van der Waals surface area contributed by atoms with E-state index in [0.717, 1.165) is 10.8 Å². The van der Waals surface area contributed by atoms with Crippen LogP contribution in [0.1, 0.15) is 11.8 Å². The Morgan fingerprint density at radius 2 is 2.18 bits per heavy atom. The van der Waals surface area contributed by atoms with E-state index in [2.05, 4.69) is 16.3 Å². The summed E-state index contributed by atoms with van der Waals surface area (Å²) >= 11 is 4.27. The van der Waals surface area contributed by atoms with E-state index in [-0.39, 0.29) is 5.56 Å². The SMILES string of the molecule is Cc1cn([C@@H]2O[C@H](CO)[C@@H](OP(O)(O)=S)[C@H]2F)c(=O)[nH]c1=O. The summed E-state index contributed by atoms with van der Waals surface area (Å²) in [6, 6.07) is 0. The number of rotatable bonds is 4. The van der Waals surface area contributed by atoms with Crippen LogP contribution in [-0.4, -0.2) is 49.4 Å². The monoisotopic (exact) mass is 356 g/mol. The number of aliphatic hydroxyl groups is 1. The van der Waals surface area contributed by atoms with Crippen molar-refractivity contribution in [2.45, 2.75) is 31.5 Å². The minimum atomic E-state index is -4.19. The van der Waals surface area contributed by atoms with Crippen molar-refractivity contribution >= 4 is 18.5 Å². The van der Waals surface area contributed by atoms with E-state index in [1.165, 1.54) is 6.92 Å². The maximum atomic E-state index is 14.5. The Kier molecular flexibility index (Phi) is 4.97. The second kappa shape index (κ2) is 6.28. The highest BCUT2D eigenvalue weighted by Gasteiger charge is 2.48. The molecule has 2 rings (SSSR count). The average Bonchev–Trinajstić information content (AvgIpc) is 2.69. The number of aromatic nitrogens is 2. The van der Waals surface area contributed by atoms with Crippen LogP contribution >= 0.6 is 6.72 Å². The molecular formula is C10H14FN2O7PS. The lowest BCUT2D eigenvalue weighted by Gasteiger charge is -2.20. The van der Waals surface area contributed by atoms with Crippen molar-refractivity contribution in [1.82, 2.24) is 9.55 Å². The Labute approximate surface area is 128 Å². The fraction of sp³-hybridized carbons (Fsp3) is 0.600. The topological polar surface area (TPSA) is 134 Å². The molecule has 0 unspecified atom stereocenters. The molecule has 0 bridgehead atoms. The Hall–Kier alpha value is -0.940. The van der Waals surface area contributed by atoms with Gasteiger partial charge in [-0.2, -0.15) is 0 Å². The number of aromatic amines is 1. The smallest absolute Gasteiger partial charge is 0.330 e. The van der Waals surface area contributed by atoms with Crippen LogP contribution in [0.25, 0.3) is 0 Å². The van der Waals surface area contributed by atoms with Gasteiger partial charge in [0.15, 0.2) is 12.4 Å². The van der Waals surface area contributed by atoms with Crippen LogP contribution < -0.4 is 11.2 Å². The number of hydrogen-bond acceptors (Lipinski definition) is 6. The van der Waals surface area contributed by atoms with E-state index in [4.69, 9.17) is 14.5 Å². The third kappa shape index (κ3) is 3.51. The lowest BCUT2D eigenvalue weighted by Crippen LogP contribution is -2.37. The average molecular weight is 356 g/mol. The van der Waals surface area contributed by atoms with Gasteiger partial charge in [0.05, 0.1) is 6.61 Å². The highest BCUT2D eigenvalue weighted by atomic mass is 32.5. The quantitative estimate of drug-likeness (QED) is 0.488. The van der Waals surface area contributed by atoms with Gasteiger partial charge in [-0.3, -0.25) is 18.9 Å². The molecule has 1 aliphatic rings. The van der Waals surface area contributed by atoms with E-state index in [9.17, 15) is 19.1 Å². The fourth-order valence-corrected chi connectivity index (χ4v) is 2.99. The van der Waals surface area contributed by atoms with Gasteiger partial charge in [0, 0.05) is 11.8 Å². The van der Waals surface area contributed by atoms with Crippen LogP contribution in [0.15, 0.2) is 15.8 Å². The number of nitrogens with one attached hydrogen (secondary N) is 1. The first kappa shape index (κ1) is 17.4. The molecule has 0 aromatic carbocycles. The molecule has 0 aliphatic carbocycles. The summed E-state index contributed by atoms with van der Waals surface area (Å²) < 4.78 is 25.1. The summed E-state index contributed by atoms with van der Waals surface area (Å²) in [6.45, 7) is -3.47. The molecule has 1 fully saturated rings. The molecule has 0 radical (unpaired) electrons. The van der Waals surface area contributed by atoms with Gasteiger partial charge < -0.3 is 19.6 Å². The van der Waals surface area contributed by atoms with Crippen molar-refractivity contribution in [3.63, 3.8) is 0 Å². The summed E-state index contributed by atoms with van der Waals surface area (Å²) in [7, 11) is 0. The molecule has 4 atom stereocenters. The molecule has 0 amide bonds. The maximum Gasteiger partial charge on any atom is 0.330 e. The normalized spacial score (nSPS) is 29.0. The van der Waals surface area contributed by atoms with Crippen molar-refractivity contribution in [1.29, 1.82) is 0 Å². The third-order valence-electron chi connectivity index (χ3n) is 3.13. The Bertz CT molecular complexity index is 716. The van der Waals surface area contributed by atoms with E-state index in [0.29, 0.717) is 0 Å². The van der Waals surface area contributed by atoms with Crippen LogP contribution in [0.3, 0.4) is 0 Å². The van der Waals surface area contributed by atoms with Crippen LogP contribution in [0.2, 0.25) is 0 Å². The number of hydrogen-bond donors (Lipinski definition) is 4. The summed E-state index contributed by atoms with van der Waals surface area (Å²) in [5, 5.41) is 9.18. The van der Waals surface area contributed by atoms with Crippen molar-refractivity contribution < 1.29 is 28.5 Å². The lowest BCUT2D eigenvalue weighted by molar-refractivity contribution is -0.0477. The summed E-state index contributed by atoms with van der Waals surface area (Å²) in [5.74, 6) is 0.